The molecule has 0 radical (unpaired) electrons. The highest BCUT2D eigenvalue weighted by Gasteiger charge is 2.32. The van der Waals surface area contributed by atoms with E-state index in [0.29, 0.717) is 13.1 Å². The molecule has 1 aromatic rings. The summed E-state index contributed by atoms with van der Waals surface area (Å²) in [6.07, 6.45) is 0. The lowest BCUT2D eigenvalue weighted by molar-refractivity contribution is -0.136. The average Bonchev–Trinajstić information content (AvgIpc) is 2.32. The van der Waals surface area contributed by atoms with Crippen LogP contribution >= 0.6 is 0 Å². The Balaban J connectivity index is 1.96. The van der Waals surface area contributed by atoms with Crippen molar-refractivity contribution in [1.82, 2.24) is 4.90 Å². The Labute approximate surface area is 99.7 Å². The third-order valence-electron chi connectivity index (χ3n) is 3.06. The summed E-state index contributed by atoms with van der Waals surface area (Å²) in [4.78, 5) is 16.5. The summed E-state index contributed by atoms with van der Waals surface area (Å²) in [7, 11) is 0. The predicted octanol–water partition coefficient (Wildman–Crippen LogP) is 2.31. The first kappa shape index (κ1) is 11.5. The molecule has 0 aromatic heterocycles. The van der Waals surface area contributed by atoms with Gasteiger partial charge in [0.15, 0.2) is 0 Å². The van der Waals surface area contributed by atoms with E-state index >= 15 is 0 Å². The summed E-state index contributed by atoms with van der Waals surface area (Å²) < 4.78 is 0. The Morgan fingerprint density at radius 2 is 2.12 bits per heavy atom. The molecule has 1 aliphatic heterocycles. The molecule has 1 aromatic carbocycles. The Morgan fingerprint density at radius 3 is 2.71 bits per heavy atom. The van der Waals surface area contributed by atoms with Crippen molar-refractivity contribution in [3.8, 4) is 0 Å². The van der Waals surface area contributed by atoms with Crippen LogP contribution in [0.25, 0.3) is 10.4 Å². The topological polar surface area (TPSA) is 69.1 Å². The zero-order valence-corrected chi connectivity index (χ0v) is 9.65. The van der Waals surface area contributed by atoms with Gasteiger partial charge in [-0.2, -0.15) is 0 Å². The summed E-state index contributed by atoms with van der Waals surface area (Å²) in [6.45, 7) is 2.98. The minimum atomic E-state index is -0.136. The number of carbonyl (C=O) groups excluding carboxylic acids is 1. The summed E-state index contributed by atoms with van der Waals surface area (Å²) in [5.41, 5.74) is 9.29. The molecule has 0 saturated carbocycles. The number of benzene rings is 1. The third kappa shape index (κ3) is 2.40. The fraction of sp³-hybridized carbons (Fsp3) is 0.417. The molecular weight excluding hydrogens is 216 g/mol. The molecule has 1 aliphatic rings. The monoisotopic (exact) mass is 230 g/mol. The SMILES string of the molecule is C[C@H](C(=O)N1CC(N=[N+]=[N-])C1)c1ccccc1. The lowest BCUT2D eigenvalue weighted by atomic mass is 9.97. The number of likely N-dealkylation sites (tertiary alicyclic amines) is 1. The lowest BCUT2D eigenvalue weighted by Crippen LogP contribution is -2.53. The second-order valence-electron chi connectivity index (χ2n) is 4.23. The highest BCUT2D eigenvalue weighted by molar-refractivity contribution is 5.84. The Hall–Kier alpha value is -2.00. The van der Waals surface area contributed by atoms with Crippen LogP contribution in [0.2, 0.25) is 0 Å². The maximum absolute atomic E-state index is 12.1. The van der Waals surface area contributed by atoms with Crippen LogP contribution in [0.1, 0.15) is 18.4 Å². The van der Waals surface area contributed by atoms with E-state index in [9.17, 15) is 4.79 Å². The second kappa shape index (κ2) is 4.89. The van der Waals surface area contributed by atoms with Gasteiger partial charge in [-0.15, -0.1) is 0 Å². The highest BCUT2D eigenvalue weighted by Crippen LogP contribution is 2.22. The zero-order chi connectivity index (χ0) is 12.3. The number of rotatable bonds is 3. The number of nitrogens with zero attached hydrogens (tertiary/aromatic N) is 4. The van der Waals surface area contributed by atoms with Crippen molar-refractivity contribution < 1.29 is 4.79 Å². The van der Waals surface area contributed by atoms with E-state index in [1.807, 2.05) is 37.3 Å². The first-order valence-corrected chi connectivity index (χ1v) is 5.60. The molecule has 1 atom stereocenters. The van der Waals surface area contributed by atoms with Gasteiger partial charge in [-0.25, -0.2) is 0 Å². The van der Waals surface area contributed by atoms with Crippen molar-refractivity contribution in [3.05, 3.63) is 46.3 Å². The lowest BCUT2D eigenvalue weighted by Gasteiger charge is -2.38. The number of carbonyl (C=O) groups is 1. The van der Waals surface area contributed by atoms with Gasteiger partial charge in [0.05, 0.1) is 12.0 Å². The van der Waals surface area contributed by atoms with Gasteiger partial charge in [0, 0.05) is 18.0 Å². The van der Waals surface area contributed by atoms with Gasteiger partial charge in [-0.1, -0.05) is 35.4 Å². The molecule has 5 heteroatoms. The van der Waals surface area contributed by atoms with Crippen molar-refractivity contribution >= 4 is 5.91 Å². The van der Waals surface area contributed by atoms with Crippen molar-refractivity contribution in [2.24, 2.45) is 5.11 Å². The smallest absolute Gasteiger partial charge is 0.229 e. The maximum Gasteiger partial charge on any atom is 0.229 e. The fourth-order valence-corrected chi connectivity index (χ4v) is 1.94. The van der Waals surface area contributed by atoms with E-state index < -0.39 is 0 Å². The Morgan fingerprint density at radius 1 is 1.47 bits per heavy atom. The van der Waals surface area contributed by atoms with Crippen LogP contribution in [0.5, 0.6) is 0 Å². The molecule has 0 N–H and O–H groups in total. The molecule has 1 saturated heterocycles. The quantitative estimate of drug-likeness (QED) is 0.446. The maximum atomic E-state index is 12.1. The highest BCUT2D eigenvalue weighted by atomic mass is 16.2. The van der Waals surface area contributed by atoms with Gasteiger partial charge in [0.2, 0.25) is 5.91 Å². The largest absolute Gasteiger partial charge is 0.341 e. The van der Waals surface area contributed by atoms with Crippen LogP contribution < -0.4 is 0 Å². The van der Waals surface area contributed by atoms with Crippen molar-refractivity contribution in [2.75, 3.05) is 13.1 Å². The second-order valence-corrected chi connectivity index (χ2v) is 4.23. The van der Waals surface area contributed by atoms with Crippen LogP contribution in [0.4, 0.5) is 0 Å². The van der Waals surface area contributed by atoms with Gasteiger partial charge in [-0.3, -0.25) is 4.79 Å². The molecule has 88 valence electrons. The van der Waals surface area contributed by atoms with Crippen molar-refractivity contribution in [2.45, 2.75) is 18.9 Å². The van der Waals surface area contributed by atoms with Crippen LogP contribution in [0, 0.1) is 0 Å². The van der Waals surface area contributed by atoms with E-state index in [2.05, 4.69) is 10.0 Å². The summed E-state index contributed by atoms with van der Waals surface area (Å²) in [6, 6.07) is 9.64. The van der Waals surface area contributed by atoms with Gasteiger partial charge < -0.3 is 4.90 Å². The molecule has 0 bridgehead atoms. The Bertz CT molecular complexity index is 447. The molecule has 1 fully saturated rings. The molecule has 5 nitrogen and oxygen atoms in total. The van der Waals surface area contributed by atoms with Crippen LogP contribution in [-0.4, -0.2) is 29.9 Å². The van der Waals surface area contributed by atoms with E-state index in [1.165, 1.54) is 0 Å². The minimum absolute atomic E-state index is 0.0491. The first-order chi connectivity index (χ1) is 8.22. The average molecular weight is 230 g/mol. The fourth-order valence-electron chi connectivity index (χ4n) is 1.94. The van der Waals surface area contributed by atoms with E-state index in [4.69, 9.17) is 5.53 Å². The molecule has 1 heterocycles. The van der Waals surface area contributed by atoms with Gasteiger partial charge in [0.1, 0.15) is 0 Å². The van der Waals surface area contributed by atoms with E-state index in [-0.39, 0.29) is 17.9 Å². The van der Waals surface area contributed by atoms with Crippen LogP contribution in [0.15, 0.2) is 35.4 Å². The normalized spacial score (nSPS) is 16.9. The number of hydrogen-bond donors (Lipinski definition) is 0. The first-order valence-electron chi connectivity index (χ1n) is 5.60. The minimum Gasteiger partial charge on any atom is -0.341 e. The standard InChI is InChI=1S/C12H14N4O/c1-9(10-5-3-2-4-6-10)12(17)16-7-11(8-16)14-15-13/h2-6,9,11H,7-8H2,1H3/t9-/m0/s1. The molecule has 17 heavy (non-hydrogen) atoms. The van der Waals surface area contributed by atoms with E-state index in [0.717, 1.165) is 5.56 Å². The molecule has 2 rings (SSSR count). The number of azide groups is 1. The number of hydrogen-bond acceptors (Lipinski definition) is 2. The van der Waals surface area contributed by atoms with E-state index in [1.54, 1.807) is 4.90 Å². The van der Waals surface area contributed by atoms with Gasteiger partial charge in [0.25, 0.3) is 0 Å². The van der Waals surface area contributed by atoms with Crippen molar-refractivity contribution in [1.29, 1.82) is 0 Å². The van der Waals surface area contributed by atoms with Gasteiger partial charge >= 0.3 is 0 Å². The summed E-state index contributed by atoms with van der Waals surface area (Å²) >= 11 is 0. The summed E-state index contributed by atoms with van der Waals surface area (Å²) in [5, 5.41) is 3.58. The van der Waals surface area contributed by atoms with Gasteiger partial charge in [-0.05, 0) is 18.0 Å². The zero-order valence-electron chi connectivity index (χ0n) is 9.65. The summed E-state index contributed by atoms with van der Waals surface area (Å²) in [5.74, 6) is -0.0381. The molecule has 0 unspecified atom stereocenters. The van der Waals surface area contributed by atoms with Crippen LogP contribution in [-0.2, 0) is 4.79 Å². The Kier molecular flexibility index (Phi) is 3.30. The molecule has 0 spiro atoms. The van der Waals surface area contributed by atoms with Crippen LogP contribution in [0.3, 0.4) is 0 Å². The molecule has 1 amide bonds. The van der Waals surface area contributed by atoms with Crippen molar-refractivity contribution in [3.63, 3.8) is 0 Å². The number of amides is 1. The predicted molar refractivity (Wildman–Crippen MR) is 64.4 cm³/mol. The third-order valence-corrected chi connectivity index (χ3v) is 3.06. The molecular formula is C12H14N4O. The molecule has 0 aliphatic carbocycles.